The summed E-state index contributed by atoms with van der Waals surface area (Å²) < 4.78 is 1.79. The summed E-state index contributed by atoms with van der Waals surface area (Å²) >= 11 is 4.91. The topological polar surface area (TPSA) is 81.6 Å². The van der Waals surface area contributed by atoms with E-state index in [4.69, 9.17) is 18.0 Å². The fourth-order valence-electron chi connectivity index (χ4n) is 1.52. The molecule has 0 aliphatic rings. The van der Waals surface area contributed by atoms with Gasteiger partial charge in [-0.15, -0.1) is 0 Å². The summed E-state index contributed by atoms with van der Waals surface area (Å²) in [6, 6.07) is 3.69. The van der Waals surface area contributed by atoms with Crippen LogP contribution in [0.15, 0.2) is 18.3 Å². The molecular weight excluding hydrogens is 248 g/mol. The van der Waals surface area contributed by atoms with Crippen LogP contribution in [0.2, 0.25) is 0 Å². The van der Waals surface area contributed by atoms with Crippen molar-refractivity contribution in [1.82, 2.24) is 19.7 Å². The number of rotatable bonds is 4. The van der Waals surface area contributed by atoms with E-state index in [9.17, 15) is 0 Å². The normalized spacial score (nSPS) is 10.3. The number of nitrogens with one attached hydrogen (secondary N) is 1. The van der Waals surface area contributed by atoms with Crippen molar-refractivity contribution in [1.29, 1.82) is 0 Å². The number of nitrogens with zero attached hydrogens (tertiary/aromatic N) is 4. The van der Waals surface area contributed by atoms with Gasteiger partial charge in [0.25, 0.3) is 0 Å². The van der Waals surface area contributed by atoms with Crippen LogP contribution < -0.4 is 11.1 Å². The summed E-state index contributed by atoms with van der Waals surface area (Å²) in [6.07, 6.45) is 1.74. The van der Waals surface area contributed by atoms with Crippen LogP contribution in [0.25, 0.3) is 0 Å². The first-order valence-corrected chi connectivity index (χ1v) is 5.83. The van der Waals surface area contributed by atoms with Crippen LogP contribution >= 0.6 is 12.2 Å². The van der Waals surface area contributed by atoms with Gasteiger partial charge in [-0.05, 0) is 19.1 Å². The van der Waals surface area contributed by atoms with Crippen molar-refractivity contribution in [3.05, 3.63) is 35.4 Å². The molecule has 2 rings (SSSR count). The van der Waals surface area contributed by atoms with Crippen LogP contribution in [-0.2, 0) is 13.6 Å². The molecule has 6 nitrogen and oxygen atoms in total. The highest BCUT2D eigenvalue weighted by Gasteiger charge is 2.05. The van der Waals surface area contributed by atoms with Crippen molar-refractivity contribution >= 4 is 23.2 Å². The maximum absolute atomic E-state index is 5.57. The smallest absolute Gasteiger partial charge is 0.223 e. The molecule has 0 aromatic carbocycles. The van der Waals surface area contributed by atoms with E-state index >= 15 is 0 Å². The minimum Gasteiger partial charge on any atom is -0.388 e. The quantitative estimate of drug-likeness (QED) is 0.792. The summed E-state index contributed by atoms with van der Waals surface area (Å²) in [5.41, 5.74) is 8.00. The number of hydrogen-bond donors (Lipinski definition) is 2. The van der Waals surface area contributed by atoms with E-state index in [0.717, 1.165) is 11.4 Å². The van der Waals surface area contributed by atoms with Crippen LogP contribution in [-0.4, -0.2) is 24.7 Å². The molecule has 0 bridgehead atoms. The Bertz CT molecular complexity index is 577. The van der Waals surface area contributed by atoms with E-state index in [1.165, 1.54) is 0 Å². The highest BCUT2D eigenvalue weighted by molar-refractivity contribution is 7.80. The minimum absolute atomic E-state index is 0.268. The van der Waals surface area contributed by atoms with Crippen molar-refractivity contribution in [2.45, 2.75) is 13.5 Å². The van der Waals surface area contributed by atoms with Crippen molar-refractivity contribution in [3.8, 4) is 0 Å². The Kier molecular flexibility index (Phi) is 3.52. The summed E-state index contributed by atoms with van der Waals surface area (Å²) in [5, 5.41) is 7.21. The molecule has 0 fully saturated rings. The molecule has 0 amide bonds. The maximum atomic E-state index is 5.57. The van der Waals surface area contributed by atoms with E-state index < -0.39 is 0 Å². The van der Waals surface area contributed by atoms with E-state index in [1.807, 2.05) is 20.0 Å². The van der Waals surface area contributed by atoms with Crippen molar-refractivity contribution in [2.24, 2.45) is 12.8 Å². The van der Waals surface area contributed by atoms with Gasteiger partial charge >= 0.3 is 0 Å². The number of nitrogens with two attached hydrogens (primary N) is 1. The van der Waals surface area contributed by atoms with Crippen LogP contribution in [0.3, 0.4) is 0 Å². The lowest BCUT2D eigenvalue weighted by atomic mass is 10.3. The molecule has 0 spiro atoms. The van der Waals surface area contributed by atoms with E-state index in [1.54, 1.807) is 16.9 Å². The standard InChI is InChI=1S/C11H14N6S/c1-7-5-9(10(12)18)16-11(15-7)13-6-8-3-4-14-17(8)2/h3-5H,6H2,1-2H3,(H2,12,18)(H,13,15,16). The first kappa shape index (κ1) is 12.4. The molecule has 0 saturated heterocycles. The third-order valence-corrected chi connectivity index (χ3v) is 2.67. The Morgan fingerprint density at radius 1 is 1.50 bits per heavy atom. The van der Waals surface area contributed by atoms with Gasteiger partial charge in [-0.1, -0.05) is 12.2 Å². The monoisotopic (exact) mass is 262 g/mol. The summed E-state index contributed by atoms with van der Waals surface area (Å²) in [6.45, 7) is 2.47. The Morgan fingerprint density at radius 2 is 2.28 bits per heavy atom. The molecule has 0 radical (unpaired) electrons. The predicted molar refractivity (Wildman–Crippen MR) is 73.2 cm³/mol. The molecule has 7 heteroatoms. The van der Waals surface area contributed by atoms with E-state index in [0.29, 0.717) is 18.2 Å². The molecule has 0 saturated carbocycles. The summed E-state index contributed by atoms with van der Waals surface area (Å²) in [7, 11) is 1.88. The molecule has 94 valence electrons. The molecule has 0 atom stereocenters. The minimum atomic E-state index is 0.268. The van der Waals surface area contributed by atoms with E-state index in [-0.39, 0.29) is 4.99 Å². The van der Waals surface area contributed by atoms with Gasteiger partial charge in [0.2, 0.25) is 5.95 Å². The largest absolute Gasteiger partial charge is 0.388 e. The number of aromatic nitrogens is 4. The van der Waals surface area contributed by atoms with Crippen molar-refractivity contribution < 1.29 is 0 Å². The Morgan fingerprint density at radius 3 is 2.89 bits per heavy atom. The zero-order valence-corrected chi connectivity index (χ0v) is 11.0. The Labute approximate surface area is 110 Å². The number of hydrogen-bond acceptors (Lipinski definition) is 5. The lowest BCUT2D eigenvalue weighted by molar-refractivity contribution is 0.719. The average Bonchev–Trinajstić information content (AvgIpc) is 2.71. The molecular formula is C11H14N6S. The van der Waals surface area contributed by atoms with Crippen molar-refractivity contribution in [3.63, 3.8) is 0 Å². The lowest BCUT2D eigenvalue weighted by Gasteiger charge is -2.07. The molecule has 3 N–H and O–H groups in total. The molecule has 2 aromatic heterocycles. The van der Waals surface area contributed by atoms with Gasteiger partial charge in [0.05, 0.1) is 12.2 Å². The van der Waals surface area contributed by atoms with Crippen molar-refractivity contribution in [2.75, 3.05) is 5.32 Å². The molecule has 2 aromatic rings. The third kappa shape index (κ3) is 2.80. The molecule has 0 unspecified atom stereocenters. The van der Waals surface area contributed by atoms with Gasteiger partial charge < -0.3 is 11.1 Å². The van der Waals surface area contributed by atoms with Crippen LogP contribution in [0.1, 0.15) is 17.1 Å². The zero-order chi connectivity index (χ0) is 13.1. The predicted octanol–water partition coefficient (Wildman–Crippen LogP) is 0.765. The van der Waals surface area contributed by atoms with Gasteiger partial charge in [-0.3, -0.25) is 4.68 Å². The van der Waals surface area contributed by atoms with Gasteiger partial charge in [0, 0.05) is 18.9 Å². The lowest BCUT2D eigenvalue weighted by Crippen LogP contribution is -2.15. The number of thiocarbonyl (C=S) groups is 1. The zero-order valence-electron chi connectivity index (χ0n) is 10.2. The average molecular weight is 262 g/mol. The second-order valence-corrected chi connectivity index (χ2v) is 4.32. The van der Waals surface area contributed by atoms with Crippen LogP contribution in [0, 0.1) is 6.92 Å². The van der Waals surface area contributed by atoms with Gasteiger partial charge in [0.1, 0.15) is 10.7 Å². The second kappa shape index (κ2) is 5.09. The fourth-order valence-corrected chi connectivity index (χ4v) is 1.62. The van der Waals surface area contributed by atoms with Gasteiger partial charge in [-0.2, -0.15) is 5.10 Å². The molecule has 2 heterocycles. The first-order valence-electron chi connectivity index (χ1n) is 5.42. The molecule has 18 heavy (non-hydrogen) atoms. The van der Waals surface area contributed by atoms with Crippen LogP contribution in [0.5, 0.6) is 0 Å². The Balaban J connectivity index is 2.14. The fraction of sp³-hybridized carbons (Fsp3) is 0.273. The highest BCUT2D eigenvalue weighted by Crippen LogP contribution is 2.07. The van der Waals surface area contributed by atoms with E-state index in [2.05, 4.69) is 20.4 Å². The highest BCUT2D eigenvalue weighted by atomic mass is 32.1. The number of anilines is 1. The second-order valence-electron chi connectivity index (χ2n) is 3.88. The third-order valence-electron chi connectivity index (χ3n) is 2.46. The molecule has 0 aliphatic carbocycles. The summed E-state index contributed by atoms with van der Waals surface area (Å²) in [5.74, 6) is 0.513. The Hall–Kier alpha value is -2.02. The maximum Gasteiger partial charge on any atom is 0.223 e. The molecule has 0 aliphatic heterocycles. The SMILES string of the molecule is Cc1cc(C(N)=S)nc(NCc2ccnn2C)n1. The van der Waals surface area contributed by atoms with Gasteiger partial charge in [0.15, 0.2) is 0 Å². The van der Waals surface area contributed by atoms with Gasteiger partial charge in [-0.25, -0.2) is 9.97 Å². The summed E-state index contributed by atoms with van der Waals surface area (Å²) in [4.78, 5) is 8.79. The van der Waals surface area contributed by atoms with Crippen LogP contribution in [0.4, 0.5) is 5.95 Å². The first-order chi connectivity index (χ1) is 8.56. The number of aryl methyl sites for hydroxylation is 2.